The van der Waals surface area contributed by atoms with Crippen molar-refractivity contribution >= 4 is 20.0 Å². The molecule has 1 saturated heterocycles. The molecule has 1 fully saturated rings. The maximum Gasteiger partial charge on any atom is 0.243 e. The van der Waals surface area contributed by atoms with Gasteiger partial charge in [0, 0.05) is 13.1 Å². The molecule has 2 rings (SSSR count). The molecule has 8 heteroatoms. The largest absolute Gasteiger partial charge is 0.243 e. The first kappa shape index (κ1) is 15.4. The first-order valence-electron chi connectivity index (χ1n) is 6.38. The highest BCUT2D eigenvalue weighted by atomic mass is 32.2. The fourth-order valence-electron chi connectivity index (χ4n) is 2.30. The van der Waals surface area contributed by atoms with Crippen LogP contribution in [0.5, 0.6) is 0 Å². The van der Waals surface area contributed by atoms with Gasteiger partial charge in [0.1, 0.15) is 0 Å². The summed E-state index contributed by atoms with van der Waals surface area (Å²) in [5, 5.41) is 4.99. The molecule has 1 heterocycles. The highest BCUT2D eigenvalue weighted by Crippen LogP contribution is 2.26. The number of primary sulfonamides is 1. The summed E-state index contributed by atoms with van der Waals surface area (Å²) in [4.78, 5) is 0.00552. The van der Waals surface area contributed by atoms with Gasteiger partial charge in [-0.2, -0.15) is 4.31 Å². The number of nitrogens with zero attached hydrogens (tertiary/aromatic N) is 1. The Morgan fingerprint density at radius 2 is 1.70 bits per heavy atom. The van der Waals surface area contributed by atoms with Crippen LogP contribution in [0.2, 0.25) is 0 Å². The molecule has 0 radical (unpaired) electrons. The zero-order valence-electron chi connectivity index (χ0n) is 11.2. The summed E-state index contributed by atoms with van der Waals surface area (Å²) in [5.41, 5.74) is 0. The van der Waals surface area contributed by atoms with E-state index in [1.165, 1.54) is 28.6 Å². The predicted octanol–water partition coefficient (Wildman–Crippen LogP) is 0.755. The quantitative estimate of drug-likeness (QED) is 0.886. The number of benzene rings is 1. The van der Waals surface area contributed by atoms with Crippen molar-refractivity contribution in [1.29, 1.82) is 0 Å². The fraction of sp³-hybridized carbons (Fsp3) is 0.500. The van der Waals surface area contributed by atoms with Gasteiger partial charge >= 0.3 is 0 Å². The summed E-state index contributed by atoms with van der Waals surface area (Å²) in [5.74, 6) is 0.397. The lowest BCUT2D eigenvalue weighted by Gasteiger charge is -2.16. The molecule has 0 bridgehead atoms. The van der Waals surface area contributed by atoms with Crippen molar-refractivity contribution in [3.63, 3.8) is 0 Å². The first-order chi connectivity index (χ1) is 9.25. The average molecular weight is 318 g/mol. The number of hydrogen-bond donors (Lipinski definition) is 1. The van der Waals surface area contributed by atoms with E-state index in [0.717, 1.165) is 12.8 Å². The van der Waals surface area contributed by atoms with Crippen LogP contribution in [0.3, 0.4) is 0 Å². The van der Waals surface area contributed by atoms with Gasteiger partial charge in [0.25, 0.3) is 0 Å². The van der Waals surface area contributed by atoms with Gasteiger partial charge in [-0.25, -0.2) is 22.0 Å². The third-order valence-electron chi connectivity index (χ3n) is 3.62. The van der Waals surface area contributed by atoms with Crippen LogP contribution >= 0.6 is 0 Å². The van der Waals surface area contributed by atoms with Gasteiger partial charge in [0.2, 0.25) is 20.0 Å². The van der Waals surface area contributed by atoms with Gasteiger partial charge < -0.3 is 0 Å². The SMILES string of the molecule is CCC1CCN(S(=O)(=O)c2ccc(S(N)(=O)=O)cc2)C1. The van der Waals surface area contributed by atoms with Gasteiger partial charge in [-0.1, -0.05) is 13.3 Å². The second-order valence-corrected chi connectivity index (χ2v) is 8.44. The molecule has 1 unspecified atom stereocenters. The van der Waals surface area contributed by atoms with Crippen LogP contribution < -0.4 is 5.14 Å². The van der Waals surface area contributed by atoms with E-state index in [9.17, 15) is 16.8 Å². The van der Waals surface area contributed by atoms with Crippen LogP contribution in [0.4, 0.5) is 0 Å². The van der Waals surface area contributed by atoms with Crippen LogP contribution in [0, 0.1) is 5.92 Å². The minimum atomic E-state index is -3.81. The minimum Gasteiger partial charge on any atom is -0.225 e. The Morgan fingerprint density at radius 1 is 1.15 bits per heavy atom. The van der Waals surface area contributed by atoms with Gasteiger partial charge in [-0.3, -0.25) is 0 Å². The summed E-state index contributed by atoms with van der Waals surface area (Å²) in [7, 11) is -7.35. The Labute approximate surface area is 119 Å². The van der Waals surface area contributed by atoms with Crippen molar-refractivity contribution in [3.05, 3.63) is 24.3 Å². The maximum atomic E-state index is 12.4. The van der Waals surface area contributed by atoms with E-state index in [-0.39, 0.29) is 9.79 Å². The van der Waals surface area contributed by atoms with E-state index >= 15 is 0 Å². The Hall–Kier alpha value is -0.960. The fourth-order valence-corrected chi connectivity index (χ4v) is 4.35. The topological polar surface area (TPSA) is 97.5 Å². The normalized spacial score (nSPS) is 21.2. The van der Waals surface area contributed by atoms with Crippen molar-refractivity contribution in [2.75, 3.05) is 13.1 Å². The monoisotopic (exact) mass is 318 g/mol. The van der Waals surface area contributed by atoms with Crippen LogP contribution in [-0.4, -0.2) is 34.2 Å². The van der Waals surface area contributed by atoms with E-state index in [0.29, 0.717) is 19.0 Å². The Balaban J connectivity index is 2.27. The number of nitrogens with two attached hydrogens (primary N) is 1. The summed E-state index contributed by atoms with van der Waals surface area (Å²) < 4.78 is 48.6. The Kier molecular flexibility index (Phi) is 4.19. The average Bonchev–Trinajstić information content (AvgIpc) is 2.87. The molecule has 6 nitrogen and oxygen atoms in total. The molecule has 0 spiro atoms. The lowest BCUT2D eigenvalue weighted by atomic mass is 10.1. The molecule has 1 aliphatic heterocycles. The molecule has 2 N–H and O–H groups in total. The van der Waals surface area contributed by atoms with Crippen molar-refractivity contribution < 1.29 is 16.8 Å². The molecule has 1 aromatic carbocycles. The van der Waals surface area contributed by atoms with Crippen molar-refractivity contribution in [2.24, 2.45) is 11.1 Å². The highest BCUT2D eigenvalue weighted by molar-refractivity contribution is 7.89. The van der Waals surface area contributed by atoms with Crippen molar-refractivity contribution in [1.82, 2.24) is 4.31 Å². The predicted molar refractivity (Wildman–Crippen MR) is 75.0 cm³/mol. The zero-order chi connectivity index (χ0) is 15.0. The van der Waals surface area contributed by atoms with E-state index < -0.39 is 20.0 Å². The lowest BCUT2D eigenvalue weighted by molar-refractivity contribution is 0.453. The standard InChI is InChI=1S/C12H18N2O4S2/c1-2-10-7-8-14(9-10)20(17,18)12-5-3-11(4-6-12)19(13,15)16/h3-6,10H,2,7-9H2,1H3,(H2,13,15,16). The molecule has 1 aliphatic rings. The smallest absolute Gasteiger partial charge is 0.225 e. The summed E-state index contributed by atoms with van der Waals surface area (Å²) in [6, 6.07) is 5.01. The third-order valence-corrected chi connectivity index (χ3v) is 6.42. The number of sulfonamides is 2. The van der Waals surface area contributed by atoms with Crippen LogP contribution in [0.1, 0.15) is 19.8 Å². The molecule has 1 aromatic rings. The van der Waals surface area contributed by atoms with Crippen molar-refractivity contribution in [3.8, 4) is 0 Å². The van der Waals surface area contributed by atoms with E-state index in [4.69, 9.17) is 5.14 Å². The summed E-state index contributed by atoms with van der Waals surface area (Å²) in [6.07, 6.45) is 1.82. The second-order valence-electron chi connectivity index (χ2n) is 4.94. The van der Waals surface area contributed by atoms with Crippen molar-refractivity contribution in [2.45, 2.75) is 29.6 Å². The molecule has 1 atom stereocenters. The molecule has 112 valence electrons. The first-order valence-corrected chi connectivity index (χ1v) is 9.37. The van der Waals surface area contributed by atoms with E-state index in [1.54, 1.807) is 0 Å². The van der Waals surface area contributed by atoms with Gasteiger partial charge in [-0.15, -0.1) is 0 Å². The molecule has 0 aliphatic carbocycles. The molecule has 0 saturated carbocycles. The van der Waals surface area contributed by atoms with E-state index in [2.05, 4.69) is 0 Å². The van der Waals surface area contributed by atoms with Crippen LogP contribution in [0.15, 0.2) is 34.1 Å². The van der Waals surface area contributed by atoms with Crippen LogP contribution in [-0.2, 0) is 20.0 Å². The molecular formula is C12H18N2O4S2. The molecular weight excluding hydrogens is 300 g/mol. The molecule has 0 amide bonds. The second kappa shape index (κ2) is 5.44. The minimum absolute atomic E-state index is 0.0932. The highest BCUT2D eigenvalue weighted by Gasteiger charge is 2.31. The summed E-state index contributed by atoms with van der Waals surface area (Å²) in [6.45, 7) is 3.08. The molecule has 0 aromatic heterocycles. The Morgan fingerprint density at radius 3 is 2.15 bits per heavy atom. The van der Waals surface area contributed by atoms with Gasteiger partial charge in [-0.05, 0) is 36.6 Å². The lowest BCUT2D eigenvalue weighted by Crippen LogP contribution is -2.28. The maximum absolute atomic E-state index is 12.4. The van der Waals surface area contributed by atoms with E-state index in [1.807, 2.05) is 6.92 Å². The summed E-state index contributed by atoms with van der Waals surface area (Å²) >= 11 is 0. The third kappa shape index (κ3) is 3.03. The number of hydrogen-bond acceptors (Lipinski definition) is 4. The zero-order valence-corrected chi connectivity index (χ0v) is 12.8. The number of rotatable bonds is 4. The van der Waals surface area contributed by atoms with Crippen LogP contribution in [0.25, 0.3) is 0 Å². The van der Waals surface area contributed by atoms with Gasteiger partial charge in [0.05, 0.1) is 9.79 Å². The molecule has 20 heavy (non-hydrogen) atoms. The Bertz CT molecular complexity index is 681. The van der Waals surface area contributed by atoms with Gasteiger partial charge in [0.15, 0.2) is 0 Å².